The molecule has 0 radical (unpaired) electrons. The van der Waals surface area contributed by atoms with Crippen LogP contribution in [-0.2, 0) is 23.8 Å². The molecule has 1 saturated heterocycles. The van der Waals surface area contributed by atoms with Gasteiger partial charge in [-0.2, -0.15) is 0 Å². The highest BCUT2D eigenvalue weighted by atomic mass is 32.1. The smallest absolute Gasteiger partial charge is 0.345 e. The number of piperidine rings is 1. The molecule has 7 nitrogen and oxygen atoms in total. The molecule has 1 spiro atoms. The monoisotopic (exact) mass is 402 g/mol. The van der Waals surface area contributed by atoms with Crippen LogP contribution in [0.2, 0.25) is 0 Å². The van der Waals surface area contributed by atoms with Crippen LogP contribution in [-0.4, -0.2) is 46.1 Å². The van der Waals surface area contributed by atoms with Gasteiger partial charge >= 0.3 is 5.97 Å². The fraction of sp³-hybridized carbons (Fsp3) is 0.450. The van der Waals surface area contributed by atoms with Gasteiger partial charge < -0.3 is 19.3 Å². The van der Waals surface area contributed by atoms with Gasteiger partial charge in [0.2, 0.25) is 0 Å². The van der Waals surface area contributed by atoms with E-state index in [0.717, 1.165) is 22.6 Å². The minimum Gasteiger partial charge on any atom is -0.477 e. The highest BCUT2D eigenvalue weighted by Crippen LogP contribution is 2.44. The third-order valence-corrected chi connectivity index (χ3v) is 7.04. The number of ether oxygens (including phenoxy) is 1. The number of carboxylic acids is 1. The minimum absolute atomic E-state index is 0.179. The van der Waals surface area contributed by atoms with Gasteiger partial charge in [-0.25, -0.2) is 4.79 Å². The number of aromatic nitrogens is 1. The lowest BCUT2D eigenvalue weighted by molar-refractivity contribution is -0.0926. The maximum absolute atomic E-state index is 12.9. The maximum atomic E-state index is 12.9. The second-order valence-corrected chi connectivity index (χ2v) is 8.53. The highest BCUT2D eigenvalue weighted by molar-refractivity contribution is 7.14. The van der Waals surface area contributed by atoms with E-state index in [1.165, 1.54) is 15.9 Å². The highest BCUT2D eigenvalue weighted by Gasteiger charge is 2.43. The second kappa shape index (κ2) is 6.86. The summed E-state index contributed by atoms with van der Waals surface area (Å²) >= 11 is 1.32. The first-order valence-electron chi connectivity index (χ1n) is 9.29. The normalized spacial score (nSPS) is 18.1. The summed E-state index contributed by atoms with van der Waals surface area (Å²) in [6.07, 6.45) is 1.90. The Morgan fingerprint density at radius 3 is 2.64 bits per heavy atom. The number of likely N-dealkylation sites (tertiary alicyclic amines) is 1. The maximum Gasteiger partial charge on any atom is 0.345 e. The summed E-state index contributed by atoms with van der Waals surface area (Å²) in [4.78, 5) is 39.8. The number of hydrogen-bond donors (Lipinski definition) is 1. The lowest BCUT2D eigenvalue weighted by Gasteiger charge is -2.44. The van der Waals surface area contributed by atoms with Crippen molar-refractivity contribution in [1.29, 1.82) is 0 Å². The molecule has 0 saturated carbocycles. The van der Waals surface area contributed by atoms with E-state index in [1.54, 1.807) is 30.1 Å². The molecule has 0 aromatic carbocycles. The number of fused-ring (bicyclic) bond motifs is 2. The zero-order valence-electron chi connectivity index (χ0n) is 15.9. The van der Waals surface area contributed by atoms with Crippen molar-refractivity contribution in [3.8, 4) is 0 Å². The number of rotatable bonds is 2. The fourth-order valence-electron chi connectivity index (χ4n) is 4.07. The van der Waals surface area contributed by atoms with Crippen molar-refractivity contribution in [2.24, 2.45) is 7.05 Å². The van der Waals surface area contributed by atoms with E-state index in [-0.39, 0.29) is 17.0 Å². The Bertz CT molecular complexity index is 1010. The Balaban J connectivity index is 1.56. The lowest BCUT2D eigenvalue weighted by atomic mass is 9.82. The summed E-state index contributed by atoms with van der Waals surface area (Å²) in [5.74, 6) is -1.18. The number of carbonyl (C=O) groups is 2. The summed E-state index contributed by atoms with van der Waals surface area (Å²) in [6.45, 7) is 3.31. The summed E-state index contributed by atoms with van der Waals surface area (Å²) in [6, 6.07) is 5.10. The molecule has 0 bridgehead atoms. The second-order valence-electron chi connectivity index (χ2n) is 7.39. The van der Waals surface area contributed by atoms with Crippen molar-refractivity contribution in [3.05, 3.63) is 55.1 Å². The van der Waals surface area contributed by atoms with Gasteiger partial charge in [0.05, 0.1) is 12.2 Å². The van der Waals surface area contributed by atoms with E-state index >= 15 is 0 Å². The van der Waals surface area contributed by atoms with Gasteiger partial charge in [-0.05, 0) is 43.5 Å². The zero-order chi connectivity index (χ0) is 20.1. The lowest BCUT2D eigenvalue weighted by Crippen LogP contribution is -2.49. The molecule has 148 valence electrons. The quantitative estimate of drug-likeness (QED) is 0.832. The molecule has 2 aliphatic heterocycles. The molecule has 4 heterocycles. The van der Waals surface area contributed by atoms with Gasteiger partial charge in [-0.15, -0.1) is 11.3 Å². The number of aromatic carboxylic acids is 1. The van der Waals surface area contributed by atoms with Crippen LogP contribution >= 0.6 is 11.3 Å². The first-order chi connectivity index (χ1) is 13.3. The van der Waals surface area contributed by atoms with Crippen LogP contribution < -0.4 is 5.56 Å². The number of pyridine rings is 1. The summed E-state index contributed by atoms with van der Waals surface area (Å²) in [7, 11) is 1.66. The van der Waals surface area contributed by atoms with Crippen LogP contribution in [0.1, 0.15) is 49.0 Å². The van der Waals surface area contributed by atoms with Crippen LogP contribution in [0.5, 0.6) is 0 Å². The molecule has 1 fully saturated rings. The van der Waals surface area contributed by atoms with Gasteiger partial charge in [0.25, 0.3) is 11.5 Å². The van der Waals surface area contributed by atoms with Gasteiger partial charge in [0.15, 0.2) is 0 Å². The molecule has 1 N–H and O–H groups in total. The molecule has 1 amide bonds. The van der Waals surface area contributed by atoms with Crippen LogP contribution in [0.4, 0.5) is 0 Å². The van der Waals surface area contributed by atoms with E-state index in [0.29, 0.717) is 37.4 Å². The average molecular weight is 402 g/mol. The predicted octanol–water partition coefficient (Wildman–Crippen LogP) is 2.16. The van der Waals surface area contributed by atoms with Gasteiger partial charge in [0, 0.05) is 37.1 Å². The van der Waals surface area contributed by atoms with E-state index < -0.39 is 11.6 Å². The van der Waals surface area contributed by atoms with E-state index in [2.05, 4.69) is 0 Å². The minimum atomic E-state index is -0.919. The molecular weight excluding hydrogens is 380 g/mol. The van der Waals surface area contributed by atoms with Crippen molar-refractivity contribution in [1.82, 2.24) is 9.47 Å². The Kier molecular flexibility index (Phi) is 4.63. The summed E-state index contributed by atoms with van der Waals surface area (Å²) in [5.41, 5.74) is 1.11. The molecule has 2 aliphatic rings. The zero-order valence-corrected chi connectivity index (χ0v) is 16.7. The fourth-order valence-corrected chi connectivity index (χ4v) is 5.14. The summed E-state index contributed by atoms with van der Waals surface area (Å²) in [5, 5.41) is 9.31. The van der Waals surface area contributed by atoms with E-state index in [4.69, 9.17) is 4.74 Å². The topological polar surface area (TPSA) is 88.8 Å². The van der Waals surface area contributed by atoms with Gasteiger partial charge in [0.1, 0.15) is 10.4 Å². The molecular formula is C20H22N2O5S. The van der Waals surface area contributed by atoms with Crippen LogP contribution in [0.3, 0.4) is 0 Å². The predicted molar refractivity (Wildman–Crippen MR) is 104 cm³/mol. The molecule has 0 unspecified atom stereocenters. The average Bonchev–Trinajstić information content (AvgIpc) is 3.13. The number of carboxylic acid groups (broad SMARTS) is 1. The first kappa shape index (κ1) is 18.9. The molecule has 2 aromatic rings. The van der Waals surface area contributed by atoms with Gasteiger partial charge in [-0.1, -0.05) is 0 Å². The van der Waals surface area contributed by atoms with Gasteiger partial charge in [-0.3, -0.25) is 9.59 Å². The Morgan fingerprint density at radius 1 is 1.25 bits per heavy atom. The molecule has 0 aliphatic carbocycles. The Labute approximate surface area is 166 Å². The van der Waals surface area contributed by atoms with Crippen molar-refractivity contribution in [3.63, 3.8) is 0 Å². The summed E-state index contributed by atoms with van der Waals surface area (Å²) < 4.78 is 7.61. The number of hydrogen-bond acceptors (Lipinski definition) is 5. The largest absolute Gasteiger partial charge is 0.477 e. The number of aryl methyl sites for hydroxylation is 1. The molecule has 4 rings (SSSR count). The number of thiophene rings is 1. The van der Waals surface area contributed by atoms with E-state index in [1.807, 2.05) is 6.92 Å². The first-order valence-corrected chi connectivity index (χ1v) is 10.1. The molecule has 2 aromatic heterocycles. The van der Waals surface area contributed by atoms with Crippen molar-refractivity contribution in [2.75, 3.05) is 19.7 Å². The Hall–Kier alpha value is -2.45. The van der Waals surface area contributed by atoms with E-state index in [9.17, 15) is 19.5 Å². The third-order valence-electron chi connectivity index (χ3n) is 5.86. The van der Waals surface area contributed by atoms with Crippen LogP contribution in [0.25, 0.3) is 0 Å². The molecule has 8 heteroatoms. The van der Waals surface area contributed by atoms with Crippen LogP contribution in [0.15, 0.2) is 23.0 Å². The SMILES string of the molecule is Cc1ccc(C(=O)N2CCC3(CC2)OCCc2sc(C(=O)O)cc23)c(=O)n1C. The van der Waals surface area contributed by atoms with Crippen molar-refractivity contribution in [2.45, 2.75) is 31.8 Å². The number of carbonyl (C=O) groups excluding carboxylic acids is 1. The van der Waals surface area contributed by atoms with Crippen molar-refractivity contribution < 1.29 is 19.4 Å². The Morgan fingerprint density at radius 2 is 1.96 bits per heavy atom. The van der Waals surface area contributed by atoms with Crippen LogP contribution in [0, 0.1) is 6.92 Å². The third kappa shape index (κ3) is 2.97. The number of nitrogens with zero attached hydrogens (tertiary/aromatic N) is 2. The number of amides is 1. The molecule has 0 atom stereocenters. The standard InChI is InChI=1S/C20H22N2O5S/c1-12-3-4-13(17(23)21(12)2)18(24)22-8-6-20(7-9-22)14-11-16(19(25)26)28-15(14)5-10-27-20/h3-4,11H,5-10H2,1-2H3,(H,25,26). The van der Waals surface area contributed by atoms with Crippen molar-refractivity contribution >= 4 is 23.2 Å². The molecule has 28 heavy (non-hydrogen) atoms.